The first-order valence-corrected chi connectivity index (χ1v) is 10.8. The van der Waals surface area contributed by atoms with Gasteiger partial charge in [0.25, 0.3) is 11.2 Å². The molecule has 0 saturated carbocycles. The second-order valence-electron chi connectivity index (χ2n) is 7.30. The first-order valence-electron chi connectivity index (χ1n) is 10.0. The molecular formula is C24H18Cl2N4O4. The lowest BCUT2D eigenvalue weighted by Gasteiger charge is -2.05. The van der Waals surface area contributed by atoms with Gasteiger partial charge >= 0.3 is 0 Å². The van der Waals surface area contributed by atoms with Crippen LogP contribution in [-0.2, 0) is 0 Å². The van der Waals surface area contributed by atoms with E-state index in [9.17, 15) is 14.9 Å². The third-order valence-electron chi connectivity index (χ3n) is 5.15. The third kappa shape index (κ3) is 4.59. The lowest BCUT2D eigenvalue weighted by molar-refractivity contribution is -0.384. The third-order valence-corrected chi connectivity index (χ3v) is 5.89. The van der Waals surface area contributed by atoms with Gasteiger partial charge in [-0.15, -0.1) is 0 Å². The molecule has 1 heterocycles. The van der Waals surface area contributed by atoms with Crippen molar-refractivity contribution in [3.63, 3.8) is 0 Å². The Balaban J connectivity index is 1.88. The van der Waals surface area contributed by atoms with E-state index in [1.807, 2.05) is 12.1 Å². The van der Waals surface area contributed by atoms with Gasteiger partial charge in [-0.3, -0.25) is 25.0 Å². The van der Waals surface area contributed by atoms with Crippen molar-refractivity contribution in [1.82, 2.24) is 9.78 Å². The van der Waals surface area contributed by atoms with Crippen molar-refractivity contribution in [2.45, 2.75) is 6.92 Å². The molecule has 4 rings (SSSR count). The molecule has 0 aliphatic heterocycles. The number of nitro groups is 1. The Bertz CT molecular complexity index is 1460. The van der Waals surface area contributed by atoms with E-state index in [2.05, 4.69) is 10.1 Å². The Morgan fingerprint density at radius 2 is 1.71 bits per heavy atom. The summed E-state index contributed by atoms with van der Waals surface area (Å²) in [5.41, 5.74) is 2.61. The minimum Gasteiger partial charge on any atom is -0.497 e. The van der Waals surface area contributed by atoms with Crippen molar-refractivity contribution >= 4 is 40.3 Å². The molecule has 172 valence electrons. The largest absolute Gasteiger partial charge is 0.497 e. The number of ether oxygens (including phenoxy) is 1. The van der Waals surface area contributed by atoms with Gasteiger partial charge in [0, 0.05) is 17.7 Å². The molecule has 0 fully saturated rings. The molecule has 0 spiro atoms. The van der Waals surface area contributed by atoms with E-state index in [1.54, 1.807) is 44.4 Å². The van der Waals surface area contributed by atoms with Crippen molar-refractivity contribution in [3.8, 4) is 22.7 Å². The Labute approximate surface area is 204 Å². The van der Waals surface area contributed by atoms with E-state index in [-0.39, 0.29) is 11.2 Å². The average molecular weight is 497 g/mol. The molecule has 0 saturated heterocycles. The van der Waals surface area contributed by atoms with Gasteiger partial charge in [0.05, 0.1) is 50.4 Å². The predicted molar refractivity (Wildman–Crippen MR) is 133 cm³/mol. The molecule has 0 amide bonds. The number of halogens is 2. The predicted octanol–water partition coefficient (Wildman–Crippen LogP) is 6.20. The summed E-state index contributed by atoms with van der Waals surface area (Å²) in [5.74, 6) is 0.670. The van der Waals surface area contributed by atoms with Gasteiger partial charge in [-0.1, -0.05) is 23.2 Å². The number of hydrogen-bond donors (Lipinski definition) is 1. The molecule has 0 radical (unpaired) electrons. The van der Waals surface area contributed by atoms with Crippen LogP contribution in [-0.4, -0.2) is 27.5 Å². The normalized spacial score (nSPS) is 11.5. The van der Waals surface area contributed by atoms with Gasteiger partial charge in [0.15, 0.2) is 0 Å². The second kappa shape index (κ2) is 9.54. The van der Waals surface area contributed by atoms with Crippen LogP contribution in [0.2, 0.25) is 10.0 Å². The number of rotatable bonds is 6. The van der Waals surface area contributed by atoms with E-state index in [4.69, 9.17) is 27.9 Å². The van der Waals surface area contributed by atoms with Crippen LogP contribution in [0.4, 0.5) is 11.4 Å². The van der Waals surface area contributed by atoms with Gasteiger partial charge < -0.3 is 4.74 Å². The van der Waals surface area contributed by atoms with Crippen LogP contribution in [0, 0.1) is 10.1 Å². The lowest BCUT2D eigenvalue weighted by Crippen LogP contribution is -2.19. The van der Waals surface area contributed by atoms with Gasteiger partial charge in [0.1, 0.15) is 5.75 Å². The molecule has 0 aliphatic rings. The minimum absolute atomic E-state index is 0.0729. The molecule has 34 heavy (non-hydrogen) atoms. The lowest BCUT2D eigenvalue weighted by atomic mass is 10.0. The van der Waals surface area contributed by atoms with Crippen LogP contribution >= 0.6 is 23.2 Å². The van der Waals surface area contributed by atoms with Crippen LogP contribution in [0.3, 0.4) is 0 Å². The summed E-state index contributed by atoms with van der Waals surface area (Å²) in [6.07, 6.45) is 0. The summed E-state index contributed by atoms with van der Waals surface area (Å²) in [4.78, 5) is 28.6. The minimum atomic E-state index is -0.496. The monoisotopic (exact) mass is 496 g/mol. The molecule has 0 atom stereocenters. The molecule has 0 bridgehead atoms. The highest BCUT2D eigenvalue weighted by atomic mass is 35.5. The topological polar surface area (TPSA) is 103 Å². The number of aliphatic imine (C=N–C) groups is 1. The summed E-state index contributed by atoms with van der Waals surface area (Å²) in [5, 5.41) is 14.9. The van der Waals surface area contributed by atoms with E-state index >= 15 is 0 Å². The van der Waals surface area contributed by atoms with E-state index < -0.39 is 4.92 Å². The van der Waals surface area contributed by atoms with Crippen molar-refractivity contribution in [3.05, 3.63) is 103 Å². The Morgan fingerprint density at radius 3 is 2.29 bits per heavy atom. The fourth-order valence-electron chi connectivity index (χ4n) is 3.45. The number of aromatic nitrogens is 2. The number of aromatic amines is 1. The number of nitro benzene ring substituents is 1. The fourth-order valence-corrected chi connectivity index (χ4v) is 3.74. The Kier molecular flexibility index (Phi) is 6.54. The highest BCUT2D eigenvalue weighted by Gasteiger charge is 2.20. The molecule has 8 nitrogen and oxygen atoms in total. The van der Waals surface area contributed by atoms with Crippen molar-refractivity contribution < 1.29 is 9.66 Å². The highest BCUT2D eigenvalue weighted by Crippen LogP contribution is 2.29. The molecular weight excluding hydrogens is 479 g/mol. The maximum absolute atomic E-state index is 13.5. The molecule has 0 aliphatic carbocycles. The van der Waals surface area contributed by atoms with Crippen LogP contribution in [0.5, 0.6) is 5.75 Å². The number of H-pyrrole nitrogens is 1. The standard InChI is InChI=1S/C24H18Cl2N4O4/c1-14(27-16-5-12-20(25)21(26)13-16)22-23(15-3-10-19(34-2)11-4-15)28-29(24(22)31)17-6-8-18(9-7-17)30(32)33/h3-13,28H,1-2H3. The first-order chi connectivity index (χ1) is 16.3. The second-order valence-corrected chi connectivity index (χ2v) is 8.11. The van der Waals surface area contributed by atoms with E-state index in [0.29, 0.717) is 44.1 Å². The number of hydrogen-bond acceptors (Lipinski definition) is 5. The summed E-state index contributed by atoms with van der Waals surface area (Å²) >= 11 is 12.1. The zero-order chi connectivity index (χ0) is 24.4. The summed E-state index contributed by atoms with van der Waals surface area (Å²) in [7, 11) is 1.57. The average Bonchev–Trinajstić information content (AvgIpc) is 3.18. The quantitative estimate of drug-likeness (QED) is 0.195. The van der Waals surface area contributed by atoms with Crippen LogP contribution in [0.1, 0.15) is 12.5 Å². The molecule has 4 aromatic rings. The number of benzene rings is 3. The molecule has 1 N–H and O–H groups in total. The van der Waals surface area contributed by atoms with Crippen molar-refractivity contribution in [1.29, 1.82) is 0 Å². The van der Waals surface area contributed by atoms with Gasteiger partial charge in [-0.2, -0.15) is 0 Å². The molecule has 1 aromatic heterocycles. The zero-order valence-electron chi connectivity index (χ0n) is 18.1. The Hall–Kier alpha value is -3.88. The van der Waals surface area contributed by atoms with Gasteiger partial charge in [0.2, 0.25) is 0 Å². The van der Waals surface area contributed by atoms with Crippen LogP contribution < -0.4 is 10.3 Å². The van der Waals surface area contributed by atoms with Gasteiger partial charge in [-0.05, 0) is 61.5 Å². The van der Waals surface area contributed by atoms with Crippen molar-refractivity contribution in [2.24, 2.45) is 4.99 Å². The van der Waals surface area contributed by atoms with Gasteiger partial charge in [-0.25, -0.2) is 4.68 Å². The van der Waals surface area contributed by atoms with Crippen LogP contribution in [0.25, 0.3) is 16.9 Å². The number of nitrogens with one attached hydrogen (secondary N) is 1. The number of nitrogens with zero attached hydrogens (tertiary/aromatic N) is 3. The first kappa shape index (κ1) is 23.3. The Morgan fingerprint density at radius 1 is 1.03 bits per heavy atom. The van der Waals surface area contributed by atoms with Crippen LogP contribution in [0.15, 0.2) is 76.5 Å². The maximum atomic E-state index is 13.5. The zero-order valence-corrected chi connectivity index (χ0v) is 19.6. The summed E-state index contributed by atoms with van der Waals surface area (Å²) < 4.78 is 6.56. The summed E-state index contributed by atoms with van der Waals surface area (Å²) in [6.45, 7) is 1.72. The SMILES string of the molecule is COc1ccc(-c2[nH]n(-c3ccc([N+](=O)[O-])cc3)c(=O)c2C(C)=Nc2ccc(Cl)c(Cl)c2)cc1. The molecule has 3 aromatic carbocycles. The van der Waals surface area contributed by atoms with Crippen molar-refractivity contribution in [2.75, 3.05) is 7.11 Å². The fraction of sp³-hybridized carbons (Fsp3) is 0.0833. The smallest absolute Gasteiger partial charge is 0.280 e. The van der Waals surface area contributed by atoms with E-state index in [0.717, 1.165) is 5.56 Å². The van der Waals surface area contributed by atoms with E-state index in [1.165, 1.54) is 28.9 Å². The number of non-ortho nitro benzene ring substituents is 1. The molecule has 10 heteroatoms. The maximum Gasteiger partial charge on any atom is 0.280 e. The number of methoxy groups -OCH3 is 1. The summed E-state index contributed by atoms with van der Waals surface area (Å²) in [6, 6.07) is 17.8. The molecule has 0 unspecified atom stereocenters. The highest BCUT2D eigenvalue weighted by molar-refractivity contribution is 6.42.